The molecule has 128 valence electrons. The van der Waals surface area contributed by atoms with E-state index in [1.807, 2.05) is 26.0 Å². The maximum atomic E-state index is 12.8. The Hall–Kier alpha value is -1.59. The number of hydrogen-bond donors (Lipinski definition) is 0. The van der Waals surface area contributed by atoms with E-state index in [4.69, 9.17) is 16.0 Å². The van der Waals surface area contributed by atoms with Crippen LogP contribution in [0, 0.1) is 12.3 Å². The van der Waals surface area contributed by atoms with Crippen molar-refractivity contribution in [1.29, 1.82) is 0 Å². The molecule has 0 aromatic carbocycles. The normalized spacial score (nSPS) is 16.1. The molecule has 0 atom stereocenters. The number of amides is 1. The maximum absolute atomic E-state index is 12.8. The van der Waals surface area contributed by atoms with Gasteiger partial charge in [-0.2, -0.15) is 0 Å². The molecule has 1 amide bonds. The van der Waals surface area contributed by atoms with Crippen molar-refractivity contribution >= 4 is 34.6 Å². The highest BCUT2D eigenvalue weighted by Crippen LogP contribution is 2.38. The van der Waals surface area contributed by atoms with Crippen LogP contribution in [-0.2, 0) is 13.0 Å². The number of fused-ring (bicyclic) bond motifs is 1. The van der Waals surface area contributed by atoms with Crippen molar-refractivity contribution in [2.75, 3.05) is 7.05 Å². The Bertz CT molecular complexity index is 818. The highest BCUT2D eigenvalue weighted by atomic mass is 35.5. The molecule has 2 aromatic heterocycles. The maximum Gasteiger partial charge on any atom is 0.289 e. The number of nitrogens with zero attached hydrogens (tertiary/aromatic N) is 1. The summed E-state index contributed by atoms with van der Waals surface area (Å²) in [5.41, 5.74) is 1.13. The number of halogens is 1. The molecule has 1 aliphatic rings. The fourth-order valence-electron chi connectivity index (χ4n) is 3.20. The van der Waals surface area contributed by atoms with Gasteiger partial charge in [-0.3, -0.25) is 9.59 Å². The number of carbonyl (C=O) groups is 2. The van der Waals surface area contributed by atoms with Gasteiger partial charge in [-0.15, -0.1) is 11.3 Å². The van der Waals surface area contributed by atoms with E-state index in [-0.39, 0.29) is 22.9 Å². The van der Waals surface area contributed by atoms with Gasteiger partial charge in [0.2, 0.25) is 0 Å². The van der Waals surface area contributed by atoms with E-state index in [1.54, 1.807) is 18.9 Å². The molecule has 0 saturated heterocycles. The second-order valence-corrected chi connectivity index (χ2v) is 8.96. The Balaban J connectivity index is 1.87. The van der Waals surface area contributed by atoms with Gasteiger partial charge in [0.15, 0.2) is 11.5 Å². The van der Waals surface area contributed by atoms with E-state index >= 15 is 0 Å². The molecular formula is C18H20ClNO3S. The van der Waals surface area contributed by atoms with Crippen molar-refractivity contribution < 1.29 is 14.0 Å². The molecule has 2 aromatic rings. The fourth-order valence-corrected chi connectivity index (χ4v) is 4.34. The first kappa shape index (κ1) is 17.2. The number of hydrogen-bond acceptors (Lipinski definition) is 4. The van der Waals surface area contributed by atoms with Gasteiger partial charge in [-0.1, -0.05) is 25.4 Å². The van der Waals surface area contributed by atoms with Crippen LogP contribution < -0.4 is 0 Å². The second-order valence-electron chi connectivity index (χ2n) is 7.16. The SMILES string of the molecule is Cc1c(C(=O)N(C)Cc2ccc(Cl)s2)oc2c1C(=O)CC(C)(C)C2. The topological polar surface area (TPSA) is 50.5 Å². The molecule has 0 spiro atoms. The zero-order valence-electron chi connectivity index (χ0n) is 14.2. The minimum absolute atomic E-state index is 0.0641. The van der Waals surface area contributed by atoms with Gasteiger partial charge in [0.1, 0.15) is 5.76 Å². The number of thiophene rings is 1. The van der Waals surface area contributed by atoms with E-state index in [0.29, 0.717) is 40.6 Å². The molecular weight excluding hydrogens is 346 g/mol. The smallest absolute Gasteiger partial charge is 0.289 e. The zero-order chi connectivity index (χ0) is 17.6. The summed E-state index contributed by atoms with van der Waals surface area (Å²) >= 11 is 7.38. The molecule has 0 aliphatic heterocycles. The predicted octanol–water partition coefficient (Wildman–Crippen LogP) is 4.73. The summed E-state index contributed by atoms with van der Waals surface area (Å²) in [4.78, 5) is 27.8. The molecule has 3 rings (SSSR count). The summed E-state index contributed by atoms with van der Waals surface area (Å²) in [7, 11) is 1.72. The lowest BCUT2D eigenvalue weighted by Gasteiger charge is -2.27. The van der Waals surface area contributed by atoms with Gasteiger partial charge in [-0.05, 0) is 24.5 Å². The lowest BCUT2D eigenvalue weighted by Crippen LogP contribution is -2.26. The summed E-state index contributed by atoms with van der Waals surface area (Å²) in [5.74, 6) is 0.771. The van der Waals surface area contributed by atoms with Gasteiger partial charge in [0.05, 0.1) is 16.4 Å². The van der Waals surface area contributed by atoms with Crippen molar-refractivity contribution in [1.82, 2.24) is 4.90 Å². The van der Waals surface area contributed by atoms with Crippen molar-refractivity contribution in [3.05, 3.63) is 44.0 Å². The van der Waals surface area contributed by atoms with Gasteiger partial charge >= 0.3 is 0 Å². The third-order valence-corrected chi connectivity index (χ3v) is 5.56. The first-order valence-electron chi connectivity index (χ1n) is 7.83. The molecule has 0 saturated carbocycles. The molecule has 0 fully saturated rings. The molecule has 0 unspecified atom stereocenters. The monoisotopic (exact) mass is 365 g/mol. The van der Waals surface area contributed by atoms with E-state index in [9.17, 15) is 9.59 Å². The van der Waals surface area contributed by atoms with Crippen molar-refractivity contribution in [3.63, 3.8) is 0 Å². The standard InChI is InChI=1S/C18H20ClNO3S/c1-10-15-12(21)7-18(2,3)8-13(15)23-16(10)17(22)20(4)9-11-5-6-14(19)24-11/h5-6H,7-9H2,1-4H3. The molecule has 1 aliphatic carbocycles. The van der Waals surface area contributed by atoms with Gasteiger partial charge in [-0.25, -0.2) is 0 Å². The minimum atomic E-state index is -0.211. The molecule has 0 N–H and O–H groups in total. The van der Waals surface area contributed by atoms with E-state index in [1.165, 1.54) is 11.3 Å². The van der Waals surface area contributed by atoms with Crippen molar-refractivity contribution in [2.45, 2.75) is 40.2 Å². The summed E-state index contributed by atoms with van der Waals surface area (Å²) in [5, 5.41) is 0. The number of carbonyl (C=O) groups excluding carboxylic acids is 2. The summed E-state index contributed by atoms with van der Waals surface area (Å²) in [6, 6.07) is 3.72. The van der Waals surface area contributed by atoms with Crippen LogP contribution in [0.2, 0.25) is 4.34 Å². The van der Waals surface area contributed by atoms with Crippen LogP contribution in [0.25, 0.3) is 0 Å². The molecule has 24 heavy (non-hydrogen) atoms. The lowest BCUT2D eigenvalue weighted by atomic mass is 9.76. The highest BCUT2D eigenvalue weighted by molar-refractivity contribution is 7.16. The van der Waals surface area contributed by atoms with Crippen LogP contribution in [0.15, 0.2) is 16.5 Å². The summed E-state index contributed by atoms with van der Waals surface area (Å²) < 4.78 is 6.53. The average molecular weight is 366 g/mol. The van der Waals surface area contributed by atoms with Crippen molar-refractivity contribution in [3.8, 4) is 0 Å². The second kappa shape index (κ2) is 6.05. The first-order chi connectivity index (χ1) is 11.2. The Labute approximate surface area is 150 Å². The van der Waals surface area contributed by atoms with E-state index < -0.39 is 0 Å². The van der Waals surface area contributed by atoms with Gasteiger partial charge in [0.25, 0.3) is 5.91 Å². The van der Waals surface area contributed by atoms with Crippen LogP contribution in [0.4, 0.5) is 0 Å². The molecule has 0 bridgehead atoms. The van der Waals surface area contributed by atoms with Crippen LogP contribution >= 0.6 is 22.9 Å². The zero-order valence-corrected chi connectivity index (χ0v) is 15.8. The number of rotatable bonds is 3. The summed E-state index contributed by atoms with van der Waals surface area (Å²) in [6.07, 6.45) is 1.16. The Morgan fingerprint density at radius 1 is 1.38 bits per heavy atom. The van der Waals surface area contributed by atoms with Gasteiger partial charge in [0, 0.05) is 30.3 Å². The lowest BCUT2D eigenvalue weighted by molar-refractivity contribution is 0.0748. The average Bonchev–Trinajstić information content (AvgIpc) is 3.00. The summed E-state index contributed by atoms with van der Waals surface area (Å²) in [6.45, 7) is 6.34. The number of furan rings is 1. The largest absolute Gasteiger partial charge is 0.455 e. The van der Waals surface area contributed by atoms with E-state index in [0.717, 1.165) is 4.88 Å². The fraction of sp³-hybridized carbons (Fsp3) is 0.444. The van der Waals surface area contributed by atoms with Gasteiger partial charge < -0.3 is 9.32 Å². The third kappa shape index (κ3) is 3.15. The Kier molecular flexibility index (Phi) is 4.34. The highest BCUT2D eigenvalue weighted by Gasteiger charge is 2.37. The quantitative estimate of drug-likeness (QED) is 0.790. The van der Waals surface area contributed by atoms with E-state index in [2.05, 4.69) is 0 Å². The minimum Gasteiger partial charge on any atom is -0.455 e. The van der Waals surface area contributed by atoms with Crippen LogP contribution in [-0.4, -0.2) is 23.6 Å². The van der Waals surface area contributed by atoms with Crippen molar-refractivity contribution in [2.24, 2.45) is 5.41 Å². The van der Waals surface area contributed by atoms with Crippen LogP contribution in [0.5, 0.6) is 0 Å². The Morgan fingerprint density at radius 2 is 2.08 bits per heavy atom. The molecule has 2 heterocycles. The predicted molar refractivity (Wildman–Crippen MR) is 95.0 cm³/mol. The Morgan fingerprint density at radius 3 is 2.71 bits per heavy atom. The molecule has 0 radical (unpaired) electrons. The van der Waals surface area contributed by atoms with Crippen LogP contribution in [0.1, 0.15) is 57.4 Å². The van der Waals surface area contributed by atoms with Crippen LogP contribution in [0.3, 0.4) is 0 Å². The number of Topliss-reactive ketones (excluding diaryl/α,β-unsaturated/α-hetero) is 1. The molecule has 6 heteroatoms. The third-order valence-electron chi connectivity index (χ3n) is 4.34. The molecule has 4 nitrogen and oxygen atoms in total. The number of ketones is 1. The first-order valence-corrected chi connectivity index (χ1v) is 9.02.